The molecule has 0 saturated heterocycles. The van der Waals surface area contributed by atoms with Gasteiger partial charge in [-0.15, -0.1) is 0 Å². The highest BCUT2D eigenvalue weighted by Gasteiger charge is 2.07. The van der Waals surface area contributed by atoms with Crippen LogP contribution in [0.3, 0.4) is 0 Å². The van der Waals surface area contributed by atoms with Crippen molar-refractivity contribution in [2.24, 2.45) is 5.92 Å². The van der Waals surface area contributed by atoms with Crippen LogP contribution in [0.5, 0.6) is 0 Å². The number of esters is 1. The van der Waals surface area contributed by atoms with Crippen molar-refractivity contribution >= 4 is 5.97 Å². The summed E-state index contributed by atoms with van der Waals surface area (Å²) in [6.45, 7) is 3.96. The lowest BCUT2D eigenvalue weighted by Crippen LogP contribution is -2.18. The fourth-order valence-electron chi connectivity index (χ4n) is 2.02. The van der Waals surface area contributed by atoms with Crippen LogP contribution in [-0.2, 0) is 22.5 Å². The van der Waals surface area contributed by atoms with E-state index in [-0.39, 0.29) is 12.6 Å². The van der Waals surface area contributed by atoms with E-state index in [1.54, 1.807) is 0 Å². The molecule has 0 fully saturated rings. The zero-order valence-corrected chi connectivity index (χ0v) is 12.4. The maximum atomic E-state index is 11.4. The maximum absolute atomic E-state index is 11.4. The number of benzene rings is 1. The summed E-state index contributed by atoms with van der Waals surface area (Å²) in [5.74, 6) is 0.151. The van der Waals surface area contributed by atoms with Gasteiger partial charge in [-0.2, -0.15) is 0 Å². The van der Waals surface area contributed by atoms with E-state index >= 15 is 0 Å². The van der Waals surface area contributed by atoms with E-state index in [2.05, 4.69) is 5.32 Å². The molecule has 1 rings (SSSR count). The lowest BCUT2D eigenvalue weighted by Gasteiger charge is -2.11. The van der Waals surface area contributed by atoms with Gasteiger partial charge in [-0.3, -0.25) is 4.79 Å². The predicted molar refractivity (Wildman–Crippen MR) is 79.4 cm³/mol. The first-order valence-corrected chi connectivity index (χ1v) is 7.12. The van der Waals surface area contributed by atoms with Gasteiger partial charge < -0.3 is 15.2 Å². The smallest absolute Gasteiger partial charge is 0.309 e. The van der Waals surface area contributed by atoms with Crippen LogP contribution < -0.4 is 5.32 Å². The van der Waals surface area contributed by atoms with Crippen LogP contribution in [0.25, 0.3) is 0 Å². The molecule has 0 saturated carbocycles. The van der Waals surface area contributed by atoms with Crippen molar-refractivity contribution in [1.82, 2.24) is 5.32 Å². The van der Waals surface area contributed by atoms with Crippen LogP contribution in [0.2, 0.25) is 0 Å². The number of carbonyl (C=O) groups excluding carboxylic acids is 1. The quantitative estimate of drug-likeness (QED) is 0.535. The Morgan fingerprint density at radius 3 is 2.70 bits per heavy atom. The second-order valence-electron chi connectivity index (χ2n) is 5.13. The van der Waals surface area contributed by atoms with Gasteiger partial charge in [0.05, 0.1) is 13.5 Å². The molecule has 0 heterocycles. The minimum absolute atomic E-state index is 0.214. The topological polar surface area (TPSA) is 58.6 Å². The van der Waals surface area contributed by atoms with Crippen LogP contribution in [0.15, 0.2) is 24.3 Å². The summed E-state index contributed by atoms with van der Waals surface area (Å²) in [6.07, 6.45) is 2.38. The SMILES string of the molecule is COC(=O)Cc1ccccc1CNCCCC(C)CO. The van der Waals surface area contributed by atoms with Crippen LogP contribution >= 0.6 is 0 Å². The van der Waals surface area contributed by atoms with E-state index in [0.29, 0.717) is 12.3 Å². The third-order valence-corrected chi connectivity index (χ3v) is 3.36. The Morgan fingerprint density at radius 2 is 2.05 bits per heavy atom. The van der Waals surface area contributed by atoms with Crippen molar-refractivity contribution in [2.75, 3.05) is 20.3 Å². The van der Waals surface area contributed by atoms with E-state index in [1.807, 2.05) is 31.2 Å². The van der Waals surface area contributed by atoms with Gasteiger partial charge >= 0.3 is 5.97 Å². The number of nitrogens with one attached hydrogen (secondary N) is 1. The van der Waals surface area contributed by atoms with Crippen LogP contribution in [0.1, 0.15) is 30.9 Å². The molecular formula is C16H25NO3. The molecule has 4 nitrogen and oxygen atoms in total. The molecule has 2 N–H and O–H groups in total. The van der Waals surface area contributed by atoms with Gasteiger partial charge in [0.1, 0.15) is 0 Å². The third-order valence-electron chi connectivity index (χ3n) is 3.36. The molecule has 0 amide bonds. The molecule has 0 spiro atoms. The van der Waals surface area contributed by atoms with Gasteiger partial charge in [0.2, 0.25) is 0 Å². The maximum Gasteiger partial charge on any atom is 0.309 e. The Bertz CT molecular complexity index is 406. The molecule has 4 heteroatoms. The van der Waals surface area contributed by atoms with E-state index in [9.17, 15) is 4.79 Å². The molecule has 0 bridgehead atoms. The second kappa shape index (κ2) is 9.50. The number of carbonyl (C=O) groups is 1. The molecule has 1 aromatic carbocycles. The normalized spacial score (nSPS) is 12.2. The van der Waals surface area contributed by atoms with Gasteiger partial charge in [0.15, 0.2) is 0 Å². The van der Waals surface area contributed by atoms with Gasteiger partial charge in [-0.25, -0.2) is 0 Å². The largest absolute Gasteiger partial charge is 0.469 e. The number of rotatable bonds is 9. The number of ether oxygens (including phenoxy) is 1. The van der Waals surface area contributed by atoms with Gasteiger partial charge in [0.25, 0.3) is 0 Å². The molecule has 1 aromatic rings. The Labute approximate surface area is 121 Å². The van der Waals surface area contributed by atoms with Crippen LogP contribution in [-0.4, -0.2) is 31.3 Å². The van der Waals surface area contributed by atoms with E-state index in [4.69, 9.17) is 9.84 Å². The molecule has 0 aromatic heterocycles. The van der Waals surface area contributed by atoms with Crippen LogP contribution in [0, 0.1) is 5.92 Å². The Morgan fingerprint density at radius 1 is 1.35 bits per heavy atom. The standard InChI is InChI=1S/C16H25NO3/c1-13(12-18)6-5-9-17-11-15-8-4-3-7-14(15)10-16(19)20-2/h3-4,7-8,13,17-18H,5-6,9-12H2,1-2H3. The summed E-state index contributed by atoms with van der Waals surface area (Å²) < 4.78 is 4.71. The summed E-state index contributed by atoms with van der Waals surface area (Å²) in [7, 11) is 1.41. The molecule has 0 radical (unpaired) electrons. The Hall–Kier alpha value is -1.39. The third kappa shape index (κ3) is 6.17. The Balaban J connectivity index is 2.37. The van der Waals surface area contributed by atoms with Crippen molar-refractivity contribution in [3.63, 3.8) is 0 Å². The van der Waals surface area contributed by atoms with E-state index in [0.717, 1.165) is 37.1 Å². The van der Waals surface area contributed by atoms with Crippen LogP contribution in [0.4, 0.5) is 0 Å². The molecule has 0 aliphatic heterocycles. The second-order valence-corrected chi connectivity index (χ2v) is 5.13. The number of aliphatic hydroxyl groups excluding tert-OH is 1. The minimum Gasteiger partial charge on any atom is -0.469 e. The Kier molecular flexibility index (Phi) is 7.92. The molecule has 1 atom stereocenters. The first-order chi connectivity index (χ1) is 9.67. The van der Waals surface area contributed by atoms with Crippen molar-refractivity contribution in [2.45, 2.75) is 32.7 Å². The number of hydrogen-bond donors (Lipinski definition) is 2. The minimum atomic E-state index is -0.214. The fraction of sp³-hybridized carbons (Fsp3) is 0.562. The van der Waals surface area contributed by atoms with E-state index < -0.39 is 0 Å². The lowest BCUT2D eigenvalue weighted by atomic mass is 10.0. The predicted octanol–water partition coefficient (Wildman–Crippen LogP) is 1.90. The van der Waals surface area contributed by atoms with Crippen molar-refractivity contribution in [3.8, 4) is 0 Å². The number of methoxy groups -OCH3 is 1. The lowest BCUT2D eigenvalue weighted by molar-refractivity contribution is -0.139. The molecule has 112 valence electrons. The van der Waals surface area contributed by atoms with Gasteiger partial charge in [0, 0.05) is 13.2 Å². The highest BCUT2D eigenvalue weighted by Crippen LogP contribution is 2.10. The summed E-state index contributed by atoms with van der Waals surface area (Å²) in [4.78, 5) is 11.4. The number of aliphatic hydroxyl groups is 1. The monoisotopic (exact) mass is 279 g/mol. The average Bonchev–Trinajstić information content (AvgIpc) is 2.48. The van der Waals surface area contributed by atoms with Crippen molar-refractivity contribution in [1.29, 1.82) is 0 Å². The zero-order valence-electron chi connectivity index (χ0n) is 12.4. The summed E-state index contributed by atoms with van der Waals surface area (Å²) in [5.41, 5.74) is 2.14. The molecular weight excluding hydrogens is 254 g/mol. The summed E-state index contributed by atoms with van der Waals surface area (Å²) >= 11 is 0. The van der Waals surface area contributed by atoms with Crippen molar-refractivity contribution in [3.05, 3.63) is 35.4 Å². The molecule has 20 heavy (non-hydrogen) atoms. The first-order valence-electron chi connectivity index (χ1n) is 7.12. The summed E-state index contributed by atoms with van der Waals surface area (Å²) in [5, 5.41) is 12.3. The molecule has 1 unspecified atom stereocenters. The highest BCUT2D eigenvalue weighted by atomic mass is 16.5. The van der Waals surface area contributed by atoms with Crippen molar-refractivity contribution < 1.29 is 14.6 Å². The molecule has 0 aliphatic rings. The summed E-state index contributed by atoms with van der Waals surface area (Å²) in [6, 6.07) is 7.90. The highest BCUT2D eigenvalue weighted by molar-refractivity contribution is 5.72. The fourth-order valence-corrected chi connectivity index (χ4v) is 2.02. The average molecular weight is 279 g/mol. The van der Waals surface area contributed by atoms with Gasteiger partial charge in [-0.1, -0.05) is 31.2 Å². The van der Waals surface area contributed by atoms with Gasteiger partial charge in [-0.05, 0) is 36.4 Å². The number of hydrogen-bond acceptors (Lipinski definition) is 4. The first kappa shape index (κ1) is 16.7. The zero-order chi connectivity index (χ0) is 14.8. The molecule has 0 aliphatic carbocycles. The van der Waals surface area contributed by atoms with E-state index in [1.165, 1.54) is 7.11 Å².